The molecule has 1 unspecified atom stereocenters. The molecule has 1 aliphatic rings. The van der Waals surface area contributed by atoms with E-state index in [-0.39, 0.29) is 6.42 Å². The number of morpholine rings is 1. The maximum Gasteiger partial charge on any atom is 0.320 e. The molecule has 2 rings (SSSR count). The number of aliphatic carboxylic acids is 1. The first-order valence-corrected chi connectivity index (χ1v) is 7.00. The summed E-state index contributed by atoms with van der Waals surface area (Å²) in [7, 11) is 0. The van der Waals surface area contributed by atoms with Crippen molar-refractivity contribution in [2.45, 2.75) is 19.0 Å². The van der Waals surface area contributed by atoms with Crippen LogP contribution in [0.3, 0.4) is 0 Å². The number of nitrogens with zero attached hydrogens (tertiary/aromatic N) is 1. The van der Waals surface area contributed by atoms with Gasteiger partial charge in [-0.1, -0.05) is 23.7 Å². The monoisotopic (exact) mass is 298 g/mol. The third-order valence-corrected chi connectivity index (χ3v) is 3.74. The summed E-state index contributed by atoms with van der Waals surface area (Å²) < 4.78 is 5.31. The van der Waals surface area contributed by atoms with E-state index >= 15 is 0 Å². The Balaban J connectivity index is 1.99. The number of halogens is 1. The molecule has 0 bridgehead atoms. The Hall–Kier alpha value is -1.14. The summed E-state index contributed by atoms with van der Waals surface area (Å²) in [6.45, 7) is 4.10. The molecule has 0 radical (unpaired) electrons. The Morgan fingerprint density at radius 1 is 1.45 bits per heavy atom. The summed E-state index contributed by atoms with van der Waals surface area (Å²) in [5.41, 5.74) is 7.41. The number of carboxylic acid groups (broad SMARTS) is 1. The highest BCUT2D eigenvalue weighted by atomic mass is 35.5. The fraction of sp³-hybridized carbons (Fsp3) is 0.500. The van der Waals surface area contributed by atoms with Gasteiger partial charge in [-0.3, -0.25) is 9.69 Å². The smallest absolute Gasteiger partial charge is 0.320 e. The third-order valence-electron chi connectivity index (χ3n) is 3.39. The normalized spacial score (nSPS) is 17.9. The average molecular weight is 299 g/mol. The van der Waals surface area contributed by atoms with Crippen LogP contribution in [0.5, 0.6) is 0 Å². The van der Waals surface area contributed by atoms with Gasteiger partial charge in [0, 0.05) is 24.7 Å². The number of hydrogen-bond acceptors (Lipinski definition) is 4. The molecule has 110 valence electrons. The minimum atomic E-state index is -1.00. The number of carbonyl (C=O) groups is 1. The molecular weight excluding hydrogens is 280 g/mol. The summed E-state index contributed by atoms with van der Waals surface area (Å²) in [5, 5.41) is 9.47. The van der Waals surface area contributed by atoms with E-state index in [9.17, 15) is 4.79 Å². The Morgan fingerprint density at radius 2 is 2.15 bits per heavy atom. The van der Waals surface area contributed by atoms with Crippen molar-refractivity contribution in [3.8, 4) is 0 Å². The Labute approximate surface area is 123 Å². The van der Waals surface area contributed by atoms with Crippen LogP contribution in [0.4, 0.5) is 0 Å². The standard InChI is InChI=1S/C14H19ClN2O3/c15-12-7-10(8-13(16)14(18)19)1-2-11(12)9-17-3-5-20-6-4-17/h1-2,7,13H,3-6,8-9,16H2,(H,18,19). The molecule has 1 heterocycles. The number of nitrogens with two attached hydrogens (primary N) is 1. The molecule has 1 aromatic carbocycles. The summed E-state index contributed by atoms with van der Waals surface area (Å²) in [6, 6.07) is 4.75. The highest BCUT2D eigenvalue weighted by molar-refractivity contribution is 6.31. The predicted octanol–water partition coefficient (Wildman–Crippen LogP) is 1.13. The number of carboxylic acids is 1. The summed E-state index contributed by atoms with van der Waals surface area (Å²) in [4.78, 5) is 13.0. The molecule has 0 aromatic heterocycles. The van der Waals surface area contributed by atoms with Crippen molar-refractivity contribution >= 4 is 17.6 Å². The van der Waals surface area contributed by atoms with E-state index in [1.165, 1.54) is 0 Å². The largest absolute Gasteiger partial charge is 0.480 e. The van der Waals surface area contributed by atoms with Gasteiger partial charge in [-0.15, -0.1) is 0 Å². The van der Waals surface area contributed by atoms with Crippen molar-refractivity contribution in [3.05, 3.63) is 34.3 Å². The van der Waals surface area contributed by atoms with Gasteiger partial charge in [0.1, 0.15) is 6.04 Å². The molecule has 0 aliphatic carbocycles. The van der Waals surface area contributed by atoms with Crippen LogP contribution in [-0.2, 0) is 22.5 Å². The van der Waals surface area contributed by atoms with Gasteiger partial charge in [0.2, 0.25) is 0 Å². The molecule has 1 aliphatic heterocycles. The third kappa shape index (κ3) is 4.18. The van der Waals surface area contributed by atoms with E-state index in [2.05, 4.69) is 4.90 Å². The lowest BCUT2D eigenvalue weighted by Crippen LogP contribution is -2.35. The van der Waals surface area contributed by atoms with Crippen molar-refractivity contribution in [2.24, 2.45) is 5.73 Å². The lowest BCUT2D eigenvalue weighted by molar-refractivity contribution is -0.138. The summed E-state index contributed by atoms with van der Waals surface area (Å²) in [5.74, 6) is -1.00. The quantitative estimate of drug-likeness (QED) is 0.852. The summed E-state index contributed by atoms with van der Waals surface area (Å²) in [6.07, 6.45) is 0.285. The fourth-order valence-corrected chi connectivity index (χ4v) is 2.45. The van der Waals surface area contributed by atoms with Crippen LogP contribution in [0.2, 0.25) is 5.02 Å². The molecular formula is C14H19ClN2O3. The lowest BCUT2D eigenvalue weighted by atomic mass is 10.0. The van der Waals surface area contributed by atoms with Crippen LogP contribution in [0.15, 0.2) is 18.2 Å². The molecule has 20 heavy (non-hydrogen) atoms. The van der Waals surface area contributed by atoms with Crippen molar-refractivity contribution in [1.29, 1.82) is 0 Å². The van der Waals surface area contributed by atoms with E-state index in [0.717, 1.165) is 44.0 Å². The van der Waals surface area contributed by atoms with E-state index in [1.54, 1.807) is 6.07 Å². The van der Waals surface area contributed by atoms with Crippen LogP contribution in [0.25, 0.3) is 0 Å². The van der Waals surface area contributed by atoms with Gasteiger partial charge in [-0.05, 0) is 23.6 Å². The number of hydrogen-bond donors (Lipinski definition) is 2. The van der Waals surface area contributed by atoms with Crippen molar-refractivity contribution in [3.63, 3.8) is 0 Å². The van der Waals surface area contributed by atoms with Crippen LogP contribution < -0.4 is 5.73 Å². The highest BCUT2D eigenvalue weighted by Crippen LogP contribution is 2.21. The molecule has 1 saturated heterocycles. The van der Waals surface area contributed by atoms with Gasteiger partial charge in [-0.25, -0.2) is 0 Å². The minimum absolute atomic E-state index is 0.285. The van der Waals surface area contributed by atoms with Crippen LogP contribution in [-0.4, -0.2) is 48.3 Å². The Morgan fingerprint density at radius 3 is 2.75 bits per heavy atom. The van der Waals surface area contributed by atoms with Gasteiger partial charge in [0.25, 0.3) is 0 Å². The second-order valence-electron chi connectivity index (χ2n) is 4.96. The average Bonchev–Trinajstić information content (AvgIpc) is 2.43. The molecule has 6 heteroatoms. The van der Waals surface area contributed by atoms with Gasteiger partial charge in [0.15, 0.2) is 0 Å². The Bertz CT molecular complexity index is 475. The molecule has 5 nitrogen and oxygen atoms in total. The van der Waals surface area contributed by atoms with E-state index < -0.39 is 12.0 Å². The SMILES string of the molecule is NC(Cc1ccc(CN2CCOCC2)c(Cl)c1)C(=O)O. The van der Waals surface area contributed by atoms with Crippen molar-refractivity contribution in [2.75, 3.05) is 26.3 Å². The second kappa shape index (κ2) is 7.04. The molecule has 1 aromatic rings. The summed E-state index contributed by atoms with van der Waals surface area (Å²) >= 11 is 6.27. The van der Waals surface area contributed by atoms with Gasteiger partial charge < -0.3 is 15.6 Å². The first kappa shape index (κ1) is 15.3. The van der Waals surface area contributed by atoms with E-state index in [1.807, 2.05) is 12.1 Å². The molecule has 1 atom stereocenters. The van der Waals surface area contributed by atoms with Crippen molar-refractivity contribution in [1.82, 2.24) is 4.90 Å². The van der Waals surface area contributed by atoms with Gasteiger partial charge in [0.05, 0.1) is 13.2 Å². The highest BCUT2D eigenvalue weighted by Gasteiger charge is 2.15. The van der Waals surface area contributed by atoms with E-state index in [0.29, 0.717) is 5.02 Å². The zero-order valence-corrected chi connectivity index (χ0v) is 12.0. The minimum Gasteiger partial charge on any atom is -0.480 e. The zero-order valence-electron chi connectivity index (χ0n) is 11.2. The predicted molar refractivity (Wildman–Crippen MR) is 76.9 cm³/mol. The molecule has 0 saturated carbocycles. The van der Waals surface area contributed by atoms with Gasteiger partial charge in [-0.2, -0.15) is 0 Å². The maximum atomic E-state index is 10.7. The molecule has 0 amide bonds. The first-order chi connectivity index (χ1) is 9.56. The fourth-order valence-electron chi connectivity index (χ4n) is 2.19. The lowest BCUT2D eigenvalue weighted by Gasteiger charge is -2.27. The van der Waals surface area contributed by atoms with Crippen LogP contribution in [0, 0.1) is 0 Å². The molecule has 1 fully saturated rings. The van der Waals surface area contributed by atoms with Crippen LogP contribution >= 0.6 is 11.6 Å². The number of benzene rings is 1. The van der Waals surface area contributed by atoms with Crippen molar-refractivity contribution < 1.29 is 14.6 Å². The Kier molecular flexibility index (Phi) is 5.37. The molecule has 3 N–H and O–H groups in total. The zero-order chi connectivity index (χ0) is 14.5. The molecule has 0 spiro atoms. The van der Waals surface area contributed by atoms with Gasteiger partial charge >= 0.3 is 5.97 Å². The first-order valence-electron chi connectivity index (χ1n) is 6.62. The second-order valence-corrected chi connectivity index (χ2v) is 5.37. The topological polar surface area (TPSA) is 75.8 Å². The number of ether oxygens (including phenoxy) is 1. The number of rotatable bonds is 5. The maximum absolute atomic E-state index is 10.7. The van der Waals surface area contributed by atoms with Crippen LogP contribution in [0.1, 0.15) is 11.1 Å². The van der Waals surface area contributed by atoms with E-state index in [4.69, 9.17) is 27.2 Å².